The van der Waals surface area contributed by atoms with Crippen LogP contribution < -0.4 is 0 Å². The van der Waals surface area contributed by atoms with E-state index in [9.17, 15) is 25.0 Å². The van der Waals surface area contributed by atoms with Crippen LogP contribution in [0.2, 0.25) is 18.1 Å². The van der Waals surface area contributed by atoms with Gasteiger partial charge in [-0.05, 0) is 52.3 Å². The zero-order valence-corrected chi connectivity index (χ0v) is 17.4. The number of nitro groups is 2. The quantitative estimate of drug-likeness (QED) is 0.248. The van der Waals surface area contributed by atoms with Gasteiger partial charge in [0.1, 0.15) is 0 Å². The van der Waals surface area contributed by atoms with Gasteiger partial charge < -0.3 is 25.0 Å². The molecule has 0 fully saturated rings. The number of hydrogen-bond donors (Lipinski definition) is 1. The van der Waals surface area contributed by atoms with Gasteiger partial charge in [-0.25, -0.2) is 4.57 Å². The monoisotopic (exact) mass is 399 g/mol. The van der Waals surface area contributed by atoms with Gasteiger partial charge in [-0.1, -0.05) is 19.9 Å². The first kappa shape index (κ1) is 22.9. The van der Waals surface area contributed by atoms with Crippen molar-refractivity contribution in [3.63, 3.8) is 0 Å². The van der Waals surface area contributed by atoms with Crippen LogP contribution in [0.1, 0.15) is 26.7 Å². The van der Waals surface area contributed by atoms with Crippen LogP contribution in [0.15, 0.2) is 18.9 Å². The van der Waals surface area contributed by atoms with E-state index in [-0.39, 0.29) is 11.6 Å². The maximum Gasteiger partial charge on any atom is 0.439 e. The number of imidazole rings is 1. The minimum Gasteiger partial charge on any atom is -0.432 e. The summed E-state index contributed by atoms with van der Waals surface area (Å²) in [6.07, 6.45) is 4.57. The fourth-order valence-electron chi connectivity index (χ4n) is 2.57. The van der Waals surface area contributed by atoms with Gasteiger partial charge in [0.05, 0.1) is 6.54 Å². The molecule has 152 valence electrons. The van der Waals surface area contributed by atoms with Gasteiger partial charge in [-0.2, -0.15) is 0 Å². The molecule has 0 bridgehead atoms. The molecule has 0 radical (unpaired) electrons. The molecular weight excluding hydrogens is 370 g/mol. The molecule has 10 nitrogen and oxygen atoms in total. The van der Waals surface area contributed by atoms with Crippen LogP contribution in [0, 0.1) is 20.2 Å². The van der Waals surface area contributed by atoms with Crippen molar-refractivity contribution in [1.29, 1.82) is 0 Å². The zero-order chi connectivity index (χ0) is 20.8. The van der Waals surface area contributed by atoms with E-state index < -0.39 is 29.9 Å². The second-order valence-corrected chi connectivity index (χ2v) is 12.2. The van der Waals surface area contributed by atoms with Gasteiger partial charge in [0.25, 0.3) is 0 Å². The van der Waals surface area contributed by atoms with Crippen LogP contribution >= 0.6 is 0 Å². The summed E-state index contributed by atoms with van der Waals surface area (Å²) >= 11 is 0. The lowest BCUT2D eigenvalue weighted by molar-refractivity contribution is -0.403. The van der Waals surface area contributed by atoms with E-state index in [4.69, 9.17) is 0 Å². The Balaban J connectivity index is 2.72. The summed E-state index contributed by atoms with van der Waals surface area (Å²) in [5.41, 5.74) is 0. The fraction of sp³-hybridized carbons (Fsp3) is 0.688. The fourth-order valence-corrected chi connectivity index (χ4v) is 3.36. The molecule has 0 aliphatic heterocycles. The van der Waals surface area contributed by atoms with Gasteiger partial charge in [0.15, 0.2) is 14.5 Å². The summed E-state index contributed by atoms with van der Waals surface area (Å²) in [6, 6.07) is 0. The Bertz CT molecular complexity index is 683. The predicted molar refractivity (Wildman–Crippen MR) is 105 cm³/mol. The number of aromatic nitrogens is 2. The summed E-state index contributed by atoms with van der Waals surface area (Å²) in [4.78, 5) is 36.3. The number of hydrogen-bond acceptors (Lipinski definition) is 7. The molecule has 0 aliphatic carbocycles. The van der Waals surface area contributed by atoms with E-state index in [1.165, 1.54) is 4.57 Å². The summed E-state index contributed by atoms with van der Waals surface area (Å²) in [5.74, 6) is -1.07. The molecule has 0 aromatic carbocycles. The Morgan fingerprint density at radius 3 is 2.44 bits per heavy atom. The third-order valence-electron chi connectivity index (χ3n) is 5.07. The molecule has 1 aromatic heterocycles. The molecule has 0 unspecified atom stereocenters. The lowest BCUT2D eigenvalue weighted by atomic mass is 10.1. The van der Waals surface area contributed by atoms with Crippen molar-refractivity contribution in [2.75, 3.05) is 19.6 Å². The minimum absolute atomic E-state index is 0.114. The van der Waals surface area contributed by atoms with Crippen LogP contribution in [0.5, 0.6) is 0 Å². The first-order valence-electron chi connectivity index (χ1n) is 8.80. The lowest BCUT2D eigenvalue weighted by Crippen LogP contribution is -2.39. The molecule has 0 amide bonds. The van der Waals surface area contributed by atoms with Crippen LogP contribution in [-0.4, -0.2) is 57.0 Å². The molecule has 0 atom stereocenters. The number of nitrogens with zero attached hydrogens (tertiary/aromatic N) is 5. The van der Waals surface area contributed by atoms with Crippen molar-refractivity contribution in [3.8, 4) is 0 Å². The highest BCUT2D eigenvalue weighted by molar-refractivity contribution is 6.72. The second-order valence-electron chi connectivity index (χ2n) is 7.74. The van der Waals surface area contributed by atoms with Crippen LogP contribution in [0.3, 0.4) is 0 Å². The molecule has 0 spiro atoms. The van der Waals surface area contributed by atoms with Crippen molar-refractivity contribution < 1.29 is 14.6 Å². The molecular formula is C16H29N5O5Si. The Morgan fingerprint density at radius 2 is 1.96 bits per heavy atom. The topological polar surface area (TPSA) is 128 Å². The molecule has 0 aliphatic rings. The van der Waals surface area contributed by atoms with Crippen molar-refractivity contribution in [2.45, 2.75) is 51.4 Å². The van der Waals surface area contributed by atoms with E-state index in [0.29, 0.717) is 13.1 Å². The van der Waals surface area contributed by atoms with Crippen LogP contribution in [0.4, 0.5) is 11.8 Å². The molecule has 11 heteroatoms. The highest BCUT2D eigenvalue weighted by Crippen LogP contribution is 2.39. The van der Waals surface area contributed by atoms with E-state index in [1.54, 1.807) is 6.08 Å². The molecule has 1 rings (SSSR count). The van der Waals surface area contributed by atoms with Crippen molar-refractivity contribution in [3.05, 3.63) is 39.1 Å². The van der Waals surface area contributed by atoms with Crippen LogP contribution in [-0.2, 0) is 6.54 Å². The normalized spacial score (nSPS) is 12.4. The average Bonchev–Trinajstić information content (AvgIpc) is 2.96. The highest BCUT2D eigenvalue weighted by Gasteiger charge is 2.37. The van der Waals surface area contributed by atoms with Crippen molar-refractivity contribution in [1.82, 2.24) is 14.5 Å². The van der Waals surface area contributed by atoms with E-state index in [2.05, 4.69) is 30.3 Å². The minimum atomic E-state index is -2.26. The lowest BCUT2D eigenvalue weighted by Gasteiger charge is -2.35. The summed E-state index contributed by atoms with van der Waals surface area (Å²) in [5, 5.41) is 21.8. The highest BCUT2D eigenvalue weighted by atomic mass is 28.4. The first-order chi connectivity index (χ1) is 12.4. The summed E-state index contributed by atoms with van der Waals surface area (Å²) in [7, 11) is -2.26. The summed E-state index contributed by atoms with van der Waals surface area (Å²) in [6.45, 7) is 13.8. The predicted octanol–water partition coefficient (Wildman–Crippen LogP) is 2.95. The molecule has 1 N–H and O–H groups in total. The molecule has 1 heterocycles. The van der Waals surface area contributed by atoms with Crippen LogP contribution in [0.25, 0.3) is 0 Å². The van der Waals surface area contributed by atoms with Gasteiger partial charge >= 0.3 is 11.8 Å². The molecule has 27 heavy (non-hydrogen) atoms. The van der Waals surface area contributed by atoms with Gasteiger partial charge in [0.2, 0.25) is 0 Å². The molecule has 0 saturated heterocycles. The van der Waals surface area contributed by atoms with Gasteiger partial charge in [-0.15, -0.1) is 6.58 Å². The molecule has 1 aromatic rings. The Kier molecular flexibility index (Phi) is 7.81. The maximum atomic E-state index is 11.1. The van der Waals surface area contributed by atoms with Gasteiger partial charge in [0, 0.05) is 13.1 Å². The smallest absolute Gasteiger partial charge is 0.432 e. The first-order valence-corrected chi connectivity index (χ1v) is 11.8. The van der Waals surface area contributed by atoms with E-state index in [0.717, 1.165) is 25.6 Å². The third-order valence-corrected chi connectivity index (χ3v) is 8.63. The Morgan fingerprint density at radius 1 is 1.33 bits per heavy atom. The Labute approximate surface area is 159 Å². The van der Waals surface area contributed by atoms with Crippen molar-refractivity contribution >= 4 is 20.1 Å². The molecule has 0 saturated carbocycles. The standard InChI is InChI=1S/C16H29N5O5Si/c1-6-9-18(10-7-8-16(2,3)27(4,5)26)11-12-19-13-14(20(22)23)17-15(19)21(24)25/h6,13,26H,1,7-12H2,2-5H3. The van der Waals surface area contributed by atoms with Gasteiger partial charge in [-0.3, -0.25) is 4.90 Å². The SMILES string of the molecule is C=CCN(CCCC(C)(C)[Si](C)(C)O)CCn1cc([N+](=O)[O-])nc1[N+](=O)[O-]. The number of rotatable bonds is 12. The zero-order valence-electron chi connectivity index (χ0n) is 16.4. The summed E-state index contributed by atoms with van der Waals surface area (Å²) < 4.78 is 1.20. The Hall–Kier alpha value is -2.11. The average molecular weight is 400 g/mol. The van der Waals surface area contributed by atoms with Crippen molar-refractivity contribution in [2.24, 2.45) is 0 Å². The third kappa shape index (κ3) is 6.52. The van der Waals surface area contributed by atoms with E-state index >= 15 is 0 Å². The van der Waals surface area contributed by atoms with E-state index in [1.807, 2.05) is 13.1 Å². The second kappa shape index (κ2) is 9.20. The maximum absolute atomic E-state index is 11.1. The largest absolute Gasteiger partial charge is 0.439 e.